The molecule has 80 valence electrons. The van der Waals surface area contributed by atoms with E-state index < -0.39 is 28.3 Å². The molecule has 2 atom stereocenters. The number of hydrogen-bond acceptors (Lipinski definition) is 6. The van der Waals surface area contributed by atoms with Gasteiger partial charge in [-0.25, -0.2) is 9.59 Å². The molecule has 0 aromatic carbocycles. The van der Waals surface area contributed by atoms with Gasteiger partial charge >= 0.3 is 28.3 Å². The van der Waals surface area contributed by atoms with Crippen LogP contribution < -0.4 is 11.0 Å². The first-order valence-corrected chi connectivity index (χ1v) is 5.91. The summed E-state index contributed by atoms with van der Waals surface area (Å²) in [5.41, 5.74) is 9.34. The monoisotopic (exact) mass is 242 g/mol. The molecule has 0 heterocycles. The van der Waals surface area contributed by atoms with Gasteiger partial charge in [0.05, 0.1) is 0 Å². The summed E-state index contributed by atoms with van der Waals surface area (Å²) in [6.45, 7) is 0. The Bertz CT molecular complexity index is 283. The summed E-state index contributed by atoms with van der Waals surface area (Å²) in [6.07, 6.45) is 1.26. The van der Waals surface area contributed by atoms with Crippen LogP contribution in [0.4, 0.5) is 0 Å². The minimum Gasteiger partial charge on any atom is -0.399 e. The average molecular weight is 242 g/mol. The third-order valence-electron chi connectivity index (χ3n) is 0.758. The highest BCUT2D eigenvalue weighted by Crippen LogP contribution is 2.11. The molecule has 0 aliphatic heterocycles. The van der Waals surface area contributed by atoms with Gasteiger partial charge in [-0.2, -0.15) is 0 Å². The molecule has 0 saturated heterocycles. The quantitative estimate of drug-likeness (QED) is 0.488. The lowest BCUT2D eigenvalue weighted by atomic mass is 10.5. The zero-order valence-electron chi connectivity index (χ0n) is 6.76. The number of nitrogens with two attached hydrogens (primary N) is 2. The van der Waals surface area contributed by atoms with Gasteiger partial charge in [-0.1, -0.05) is 0 Å². The smallest absolute Gasteiger partial charge is 0.336 e. The van der Waals surface area contributed by atoms with Gasteiger partial charge in [-0.15, -0.1) is 0 Å². The fourth-order valence-corrected chi connectivity index (χ4v) is 0.935. The first-order chi connectivity index (χ1) is 6.41. The molecule has 0 amide bonds. The molecule has 0 saturated carbocycles. The van der Waals surface area contributed by atoms with Crippen molar-refractivity contribution in [2.45, 2.75) is 0 Å². The summed E-state index contributed by atoms with van der Waals surface area (Å²) in [4.78, 5) is 21.1. The van der Waals surface area contributed by atoms with Crippen LogP contribution in [0.25, 0.3) is 0 Å². The lowest BCUT2D eigenvalue weighted by Gasteiger charge is -1.95. The Kier molecular flexibility index (Phi) is 6.07. The average Bonchev–Trinajstić information content (AvgIpc) is 1.98. The Morgan fingerprint density at radius 2 is 1.21 bits per heavy atom. The molecular formula is C4H8N2O6P2. The Labute approximate surface area is 80.1 Å². The third-order valence-corrected chi connectivity index (χ3v) is 1.56. The maximum Gasteiger partial charge on any atom is 0.336 e. The molecule has 0 aliphatic rings. The van der Waals surface area contributed by atoms with Crippen molar-refractivity contribution in [2.75, 3.05) is 0 Å². The van der Waals surface area contributed by atoms with Gasteiger partial charge in [0, 0.05) is 12.2 Å². The second-order valence-corrected chi connectivity index (χ2v) is 3.50. The van der Waals surface area contributed by atoms with E-state index in [9.17, 15) is 18.7 Å². The van der Waals surface area contributed by atoms with Crippen LogP contribution in [0.3, 0.4) is 0 Å². The number of hydrogen-bond donors (Lipinski definition) is 2. The van der Waals surface area contributed by atoms with Gasteiger partial charge in [-0.3, -0.25) is 20.1 Å². The van der Waals surface area contributed by atoms with Crippen LogP contribution in [-0.4, -0.2) is 11.9 Å². The number of rotatable bonds is 4. The van der Waals surface area contributed by atoms with E-state index in [1.54, 1.807) is 0 Å². The van der Waals surface area contributed by atoms with Crippen LogP contribution in [0, 0.1) is 0 Å². The zero-order chi connectivity index (χ0) is 11.1. The summed E-state index contributed by atoms with van der Waals surface area (Å²) in [6, 6.07) is 0. The first kappa shape index (κ1) is 13.1. The van der Waals surface area contributed by atoms with Crippen molar-refractivity contribution >= 4 is 28.3 Å². The topological polar surface area (TPSA) is 139 Å². The van der Waals surface area contributed by atoms with Crippen LogP contribution >= 0.6 is 16.4 Å². The molecule has 0 aromatic heterocycles. The van der Waals surface area contributed by atoms with Gasteiger partial charge < -0.3 is 9.05 Å². The Hall–Kier alpha value is -0.940. The summed E-state index contributed by atoms with van der Waals surface area (Å²) in [7, 11) is -5.77. The molecule has 0 spiro atoms. The summed E-state index contributed by atoms with van der Waals surface area (Å²) < 4.78 is 28.4. The number of carbonyl (C=O) groups is 2. The highest BCUT2D eigenvalue weighted by atomic mass is 31.1. The normalized spacial score (nSPS) is 14.7. The third kappa shape index (κ3) is 7.70. The minimum absolute atomic E-state index is 0.628. The SMILES string of the molecule is N[PH](=O)OC(=O)/C=C/C(=O)O[PH](N)=O. The second-order valence-electron chi connectivity index (χ2n) is 1.81. The van der Waals surface area contributed by atoms with E-state index >= 15 is 0 Å². The van der Waals surface area contributed by atoms with E-state index in [0.717, 1.165) is 0 Å². The molecule has 4 N–H and O–H groups in total. The fraction of sp³-hybridized carbons (Fsp3) is 0. The van der Waals surface area contributed by atoms with Gasteiger partial charge in [0.15, 0.2) is 0 Å². The Morgan fingerprint density at radius 1 is 0.929 bits per heavy atom. The fourth-order valence-electron chi connectivity index (χ4n) is 0.402. The first-order valence-electron chi connectivity index (χ1n) is 3.12. The van der Waals surface area contributed by atoms with Crippen LogP contribution in [0.15, 0.2) is 12.2 Å². The molecule has 0 radical (unpaired) electrons. The van der Waals surface area contributed by atoms with Crippen molar-refractivity contribution in [1.82, 2.24) is 0 Å². The summed E-state index contributed by atoms with van der Waals surface area (Å²) >= 11 is 0. The Morgan fingerprint density at radius 3 is 1.43 bits per heavy atom. The predicted octanol–water partition coefficient (Wildman–Crippen LogP) is -0.674. The lowest BCUT2D eigenvalue weighted by molar-refractivity contribution is -0.131. The van der Waals surface area contributed by atoms with E-state index in [1.807, 2.05) is 0 Å². The van der Waals surface area contributed by atoms with Crippen molar-refractivity contribution < 1.29 is 27.8 Å². The van der Waals surface area contributed by atoms with E-state index in [-0.39, 0.29) is 0 Å². The molecule has 0 rings (SSSR count). The van der Waals surface area contributed by atoms with E-state index in [0.29, 0.717) is 12.2 Å². The van der Waals surface area contributed by atoms with E-state index in [1.165, 1.54) is 0 Å². The van der Waals surface area contributed by atoms with Gasteiger partial charge in [0.25, 0.3) is 0 Å². The van der Waals surface area contributed by atoms with Crippen LogP contribution in [0.1, 0.15) is 0 Å². The van der Waals surface area contributed by atoms with Crippen molar-refractivity contribution in [1.29, 1.82) is 0 Å². The molecule has 0 fully saturated rings. The summed E-state index contributed by atoms with van der Waals surface area (Å²) in [5, 5.41) is 0. The largest absolute Gasteiger partial charge is 0.399 e. The molecule has 0 bridgehead atoms. The second kappa shape index (κ2) is 6.50. The molecule has 0 aliphatic carbocycles. The lowest BCUT2D eigenvalue weighted by Crippen LogP contribution is -2.00. The zero-order valence-corrected chi connectivity index (χ0v) is 8.76. The molecule has 10 heteroatoms. The van der Waals surface area contributed by atoms with Crippen molar-refractivity contribution in [3.05, 3.63) is 12.2 Å². The number of carbonyl (C=O) groups excluding carboxylic acids is 2. The van der Waals surface area contributed by atoms with Crippen molar-refractivity contribution in [2.24, 2.45) is 11.0 Å². The van der Waals surface area contributed by atoms with Gasteiger partial charge in [0.2, 0.25) is 0 Å². The highest BCUT2D eigenvalue weighted by Gasteiger charge is 2.03. The predicted molar refractivity (Wildman–Crippen MR) is 47.7 cm³/mol. The summed E-state index contributed by atoms with van der Waals surface area (Å²) in [5.74, 6) is -2.13. The van der Waals surface area contributed by atoms with E-state index in [4.69, 9.17) is 0 Å². The Balaban J connectivity index is 4.04. The molecule has 0 aromatic rings. The maximum atomic E-state index is 10.6. The highest BCUT2D eigenvalue weighted by molar-refractivity contribution is 7.37. The standard InChI is InChI=1S/C4H8N2O6P2/c5-13(9)11-3(7)1-2-4(8)12-14(6)10/h1-2,13-14H,(H2,5,9)(H2,6,10)/b2-1+. The van der Waals surface area contributed by atoms with Crippen LogP contribution in [0.2, 0.25) is 0 Å². The molecule has 14 heavy (non-hydrogen) atoms. The van der Waals surface area contributed by atoms with E-state index in [2.05, 4.69) is 20.1 Å². The molecule has 2 unspecified atom stereocenters. The maximum absolute atomic E-state index is 10.6. The minimum atomic E-state index is -2.89. The molecule has 8 nitrogen and oxygen atoms in total. The van der Waals surface area contributed by atoms with Crippen molar-refractivity contribution in [3.8, 4) is 0 Å². The van der Waals surface area contributed by atoms with Crippen LogP contribution in [0.5, 0.6) is 0 Å². The van der Waals surface area contributed by atoms with Crippen molar-refractivity contribution in [3.63, 3.8) is 0 Å². The van der Waals surface area contributed by atoms with Gasteiger partial charge in [-0.05, 0) is 0 Å². The molecular weight excluding hydrogens is 234 g/mol. The van der Waals surface area contributed by atoms with Crippen LogP contribution in [-0.2, 0) is 27.8 Å². The van der Waals surface area contributed by atoms with Gasteiger partial charge in [0.1, 0.15) is 0 Å².